The van der Waals surface area contributed by atoms with E-state index in [1.807, 2.05) is 36.4 Å². The van der Waals surface area contributed by atoms with Crippen LogP contribution < -0.4 is 10.6 Å². The average molecular weight is 246 g/mol. The molecule has 2 amide bonds. The minimum absolute atomic E-state index is 0.238. The molecule has 3 N–H and O–H groups in total. The summed E-state index contributed by atoms with van der Waals surface area (Å²) in [4.78, 5) is 11.6. The first-order chi connectivity index (χ1) is 8.68. The first-order valence-electron chi connectivity index (χ1n) is 6.18. The first-order valence-corrected chi connectivity index (χ1v) is 6.18. The van der Waals surface area contributed by atoms with Gasteiger partial charge >= 0.3 is 6.03 Å². The summed E-state index contributed by atoms with van der Waals surface area (Å²) in [5.74, 6) is 0. The van der Waals surface area contributed by atoms with E-state index in [0.717, 1.165) is 18.5 Å². The van der Waals surface area contributed by atoms with Crippen LogP contribution in [0, 0.1) is 0 Å². The lowest BCUT2D eigenvalue weighted by Crippen LogP contribution is -2.43. The molecule has 0 saturated heterocycles. The molecule has 0 unspecified atom stereocenters. The fourth-order valence-corrected chi connectivity index (χ4v) is 1.99. The van der Waals surface area contributed by atoms with Gasteiger partial charge in [0.1, 0.15) is 5.60 Å². The Morgan fingerprint density at radius 3 is 2.78 bits per heavy atom. The van der Waals surface area contributed by atoms with Crippen molar-refractivity contribution in [1.29, 1.82) is 0 Å². The third-order valence-corrected chi connectivity index (χ3v) is 3.00. The maximum atomic E-state index is 11.6. The summed E-state index contributed by atoms with van der Waals surface area (Å²) < 4.78 is 0. The Labute approximate surface area is 107 Å². The minimum Gasteiger partial charge on any atom is -0.384 e. The van der Waals surface area contributed by atoms with Gasteiger partial charge in [-0.15, -0.1) is 0 Å². The fourth-order valence-electron chi connectivity index (χ4n) is 1.99. The van der Waals surface area contributed by atoms with E-state index in [4.69, 9.17) is 0 Å². The Morgan fingerprint density at radius 2 is 2.11 bits per heavy atom. The van der Waals surface area contributed by atoms with Gasteiger partial charge in [-0.25, -0.2) is 4.79 Å². The van der Waals surface area contributed by atoms with Crippen LogP contribution >= 0.6 is 0 Å². The molecule has 0 fully saturated rings. The van der Waals surface area contributed by atoms with E-state index < -0.39 is 5.60 Å². The van der Waals surface area contributed by atoms with Gasteiger partial charge in [0.05, 0.1) is 6.54 Å². The fraction of sp³-hybridized carbons (Fsp3) is 0.357. The van der Waals surface area contributed by atoms with Gasteiger partial charge in [-0.3, -0.25) is 0 Å². The van der Waals surface area contributed by atoms with Gasteiger partial charge < -0.3 is 15.7 Å². The van der Waals surface area contributed by atoms with Crippen LogP contribution in [0.4, 0.5) is 10.5 Å². The molecule has 0 radical (unpaired) electrons. The number of carbonyl (C=O) groups is 1. The molecule has 0 aliphatic heterocycles. The van der Waals surface area contributed by atoms with Crippen LogP contribution in [0.15, 0.2) is 42.5 Å². The number of para-hydroxylation sites is 1. The highest BCUT2D eigenvalue weighted by Gasteiger charge is 2.25. The van der Waals surface area contributed by atoms with E-state index in [1.165, 1.54) is 0 Å². The van der Waals surface area contributed by atoms with Crippen LogP contribution in [0.25, 0.3) is 0 Å². The monoisotopic (exact) mass is 246 g/mol. The number of amides is 2. The SMILES string of the molecule is O=C(NC[C@@]1(O)C=CCCC1)Nc1ccccc1. The van der Waals surface area contributed by atoms with Gasteiger partial charge in [-0.05, 0) is 31.4 Å². The van der Waals surface area contributed by atoms with E-state index in [9.17, 15) is 9.90 Å². The predicted molar refractivity (Wildman–Crippen MR) is 71.4 cm³/mol. The van der Waals surface area contributed by atoms with E-state index in [2.05, 4.69) is 10.6 Å². The highest BCUT2D eigenvalue weighted by atomic mass is 16.3. The standard InChI is InChI=1S/C14H18N2O2/c17-13(16-12-7-3-1-4-8-12)15-11-14(18)9-5-2-6-10-14/h1,3-5,7-9,18H,2,6,10-11H2,(H2,15,16,17)/t14-/m1/s1. The number of benzene rings is 1. The summed E-state index contributed by atoms with van der Waals surface area (Å²) in [5, 5.41) is 15.6. The highest BCUT2D eigenvalue weighted by Crippen LogP contribution is 2.20. The van der Waals surface area contributed by atoms with Crippen LogP contribution in [0.1, 0.15) is 19.3 Å². The van der Waals surface area contributed by atoms with Crippen LogP contribution in [-0.4, -0.2) is 23.3 Å². The van der Waals surface area contributed by atoms with Crippen molar-refractivity contribution >= 4 is 11.7 Å². The summed E-state index contributed by atoms with van der Waals surface area (Å²) >= 11 is 0. The van der Waals surface area contributed by atoms with E-state index in [1.54, 1.807) is 6.08 Å². The van der Waals surface area contributed by atoms with Gasteiger partial charge in [0.25, 0.3) is 0 Å². The lowest BCUT2D eigenvalue weighted by atomic mass is 9.91. The highest BCUT2D eigenvalue weighted by molar-refractivity contribution is 5.89. The largest absolute Gasteiger partial charge is 0.384 e. The lowest BCUT2D eigenvalue weighted by molar-refractivity contribution is 0.0768. The van der Waals surface area contributed by atoms with E-state index >= 15 is 0 Å². The molecule has 0 heterocycles. The molecule has 1 aliphatic carbocycles. The van der Waals surface area contributed by atoms with Crippen molar-refractivity contribution < 1.29 is 9.90 Å². The van der Waals surface area contributed by atoms with Crippen molar-refractivity contribution in [2.75, 3.05) is 11.9 Å². The second-order valence-electron chi connectivity index (χ2n) is 4.57. The molecule has 0 spiro atoms. The van der Waals surface area contributed by atoms with Crippen LogP contribution in [0.3, 0.4) is 0 Å². The molecule has 0 bridgehead atoms. The Bertz CT molecular complexity index is 431. The van der Waals surface area contributed by atoms with E-state index in [-0.39, 0.29) is 12.6 Å². The molecule has 18 heavy (non-hydrogen) atoms. The first kappa shape index (κ1) is 12.6. The predicted octanol–water partition coefficient (Wildman–Crippen LogP) is 2.28. The molecule has 0 aromatic heterocycles. The van der Waals surface area contributed by atoms with Crippen molar-refractivity contribution in [3.63, 3.8) is 0 Å². The third-order valence-electron chi connectivity index (χ3n) is 3.00. The third kappa shape index (κ3) is 3.60. The summed E-state index contributed by atoms with van der Waals surface area (Å²) in [7, 11) is 0. The van der Waals surface area contributed by atoms with Gasteiger partial charge in [-0.1, -0.05) is 30.4 Å². The maximum absolute atomic E-state index is 11.6. The summed E-state index contributed by atoms with van der Waals surface area (Å²) in [6.45, 7) is 0.238. The molecule has 4 heteroatoms. The minimum atomic E-state index is -0.897. The molecule has 1 aliphatic rings. The number of nitrogens with one attached hydrogen (secondary N) is 2. The molecular formula is C14H18N2O2. The zero-order valence-electron chi connectivity index (χ0n) is 10.2. The Morgan fingerprint density at radius 1 is 1.33 bits per heavy atom. The van der Waals surface area contributed by atoms with Crippen molar-refractivity contribution in [1.82, 2.24) is 5.32 Å². The maximum Gasteiger partial charge on any atom is 0.319 e. The van der Waals surface area contributed by atoms with Crippen LogP contribution in [0.5, 0.6) is 0 Å². The zero-order chi connectivity index (χ0) is 12.8. The van der Waals surface area contributed by atoms with Gasteiger partial charge in [0.2, 0.25) is 0 Å². The molecule has 96 valence electrons. The Kier molecular flexibility index (Phi) is 3.99. The molecule has 1 aromatic rings. The molecule has 1 aromatic carbocycles. The van der Waals surface area contributed by atoms with E-state index in [0.29, 0.717) is 6.42 Å². The second kappa shape index (κ2) is 5.69. The number of aliphatic hydroxyl groups is 1. The number of anilines is 1. The topological polar surface area (TPSA) is 61.4 Å². The van der Waals surface area contributed by atoms with Crippen molar-refractivity contribution in [3.8, 4) is 0 Å². The number of urea groups is 1. The van der Waals surface area contributed by atoms with Crippen molar-refractivity contribution in [3.05, 3.63) is 42.5 Å². The number of hydrogen-bond donors (Lipinski definition) is 3. The average Bonchev–Trinajstić information content (AvgIpc) is 2.39. The van der Waals surface area contributed by atoms with Crippen LogP contribution in [0.2, 0.25) is 0 Å². The lowest BCUT2D eigenvalue weighted by Gasteiger charge is -2.27. The van der Waals surface area contributed by atoms with Gasteiger partial charge in [-0.2, -0.15) is 0 Å². The number of rotatable bonds is 3. The molecule has 1 atom stereocenters. The quantitative estimate of drug-likeness (QED) is 0.716. The Balaban J connectivity index is 1.81. The summed E-state index contributed by atoms with van der Waals surface area (Å²) in [5.41, 5.74) is -0.159. The molecular weight excluding hydrogens is 228 g/mol. The number of carbonyl (C=O) groups excluding carboxylic acids is 1. The van der Waals surface area contributed by atoms with Crippen LogP contribution in [-0.2, 0) is 0 Å². The van der Waals surface area contributed by atoms with Gasteiger partial charge in [0, 0.05) is 5.69 Å². The van der Waals surface area contributed by atoms with Gasteiger partial charge in [0.15, 0.2) is 0 Å². The molecule has 2 rings (SSSR count). The van der Waals surface area contributed by atoms with Crippen molar-refractivity contribution in [2.24, 2.45) is 0 Å². The zero-order valence-corrected chi connectivity index (χ0v) is 10.2. The summed E-state index contributed by atoms with van der Waals surface area (Å²) in [6, 6.07) is 8.93. The Hall–Kier alpha value is -1.81. The molecule has 4 nitrogen and oxygen atoms in total. The molecule has 0 saturated carbocycles. The normalized spacial score (nSPS) is 22.5. The number of allylic oxidation sites excluding steroid dienone is 1. The second-order valence-corrected chi connectivity index (χ2v) is 4.57. The summed E-state index contributed by atoms with van der Waals surface area (Å²) in [6.07, 6.45) is 6.38. The number of hydrogen-bond acceptors (Lipinski definition) is 2. The van der Waals surface area contributed by atoms with Crippen molar-refractivity contribution in [2.45, 2.75) is 24.9 Å². The smallest absolute Gasteiger partial charge is 0.319 e.